The normalized spacial score (nSPS) is 14.2. The number of hydrogen-bond donors (Lipinski definition) is 2. The summed E-state index contributed by atoms with van der Waals surface area (Å²) >= 11 is 6.12. The van der Waals surface area contributed by atoms with Gasteiger partial charge in [0.15, 0.2) is 6.61 Å². The Morgan fingerprint density at radius 1 is 1.17 bits per heavy atom. The average Bonchev–Trinajstić information content (AvgIpc) is 3.17. The molecule has 1 saturated carbocycles. The Morgan fingerprint density at radius 3 is 2.69 bits per heavy atom. The number of benzene rings is 1. The van der Waals surface area contributed by atoms with Crippen molar-refractivity contribution < 1.29 is 19.1 Å². The molecule has 1 fully saturated rings. The molecule has 1 aliphatic carbocycles. The number of carbonyl (C=O) groups is 3. The van der Waals surface area contributed by atoms with Gasteiger partial charge >= 0.3 is 12.0 Å². The van der Waals surface area contributed by atoms with Crippen LogP contribution in [0.4, 0.5) is 4.79 Å². The van der Waals surface area contributed by atoms with E-state index in [1.165, 1.54) is 18.8 Å². The molecule has 1 aliphatic rings. The SMILES string of the molecule is O=C(COC(=O)c1cnn(Cc2ccccc2Cl)c1)NC(=O)NC1CCCCC1. The number of urea groups is 1. The van der Waals surface area contributed by atoms with E-state index in [0.717, 1.165) is 31.2 Å². The van der Waals surface area contributed by atoms with Crippen LogP contribution in [0.2, 0.25) is 5.02 Å². The van der Waals surface area contributed by atoms with Crippen LogP contribution in [0.5, 0.6) is 0 Å². The van der Waals surface area contributed by atoms with Gasteiger partial charge in [-0.3, -0.25) is 14.8 Å². The Bertz CT molecular complexity index is 877. The summed E-state index contributed by atoms with van der Waals surface area (Å²) in [6, 6.07) is 6.86. The Balaban J connectivity index is 1.43. The highest BCUT2D eigenvalue weighted by molar-refractivity contribution is 6.31. The Labute approximate surface area is 173 Å². The molecule has 1 aromatic heterocycles. The molecule has 0 spiro atoms. The van der Waals surface area contributed by atoms with Crippen LogP contribution in [0.25, 0.3) is 0 Å². The maximum Gasteiger partial charge on any atom is 0.341 e. The molecule has 154 valence electrons. The maximum absolute atomic E-state index is 12.1. The lowest BCUT2D eigenvalue weighted by molar-refractivity contribution is -0.123. The van der Waals surface area contributed by atoms with Gasteiger partial charge < -0.3 is 10.1 Å². The van der Waals surface area contributed by atoms with Crippen molar-refractivity contribution in [3.8, 4) is 0 Å². The second-order valence-electron chi connectivity index (χ2n) is 6.95. The van der Waals surface area contributed by atoms with Crippen LogP contribution in [0.15, 0.2) is 36.7 Å². The van der Waals surface area contributed by atoms with Crippen molar-refractivity contribution in [3.05, 3.63) is 52.8 Å². The van der Waals surface area contributed by atoms with Gasteiger partial charge in [0.2, 0.25) is 0 Å². The fraction of sp³-hybridized carbons (Fsp3) is 0.400. The highest BCUT2D eigenvalue weighted by atomic mass is 35.5. The Kier molecular flexibility index (Phi) is 7.24. The second-order valence-corrected chi connectivity index (χ2v) is 7.36. The van der Waals surface area contributed by atoms with E-state index in [2.05, 4.69) is 15.7 Å². The number of rotatable bonds is 6. The molecule has 1 heterocycles. The highest BCUT2D eigenvalue weighted by Crippen LogP contribution is 2.17. The maximum atomic E-state index is 12.1. The zero-order chi connectivity index (χ0) is 20.6. The van der Waals surface area contributed by atoms with Crippen LogP contribution in [-0.4, -0.2) is 40.3 Å². The van der Waals surface area contributed by atoms with E-state index in [1.807, 2.05) is 18.2 Å². The summed E-state index contributed by atoms with van der Waals surface area (Å²) in [7, 11) is 0. The van der Waals surface area contributed by atoms with Gasteiger partial charge in [-0.2, -0.15) is 5.10 Å². The van der Waals surface area contributed by atoms with E-state index in [-0.39, 0.29) is 11.6 Å². The van der Waals surface area contributed by atoms with Crippen molar-refractivity contribution in [1.29, 1.82) is 0 Å². The third-order valence-electron chi connectivity index (χ3n) is 4.69. The summed E-state index contributed by atoms with van der Waals surface area (Å²) < 4.78 is 6.51. The van der Waals surface area contributed by atoms with E-state index in [1.54, 1.807) is 10.7 Å². The van der Waals surface area contributed by atoms with Gasteiger partial charge in [-0.25, -0.2) is 9.59 Å². The Morgan fingerprint density at radius 2 is 1.93 bits per heavy atom. The first kappa shape index (κ1) is 20.9. The van der Waals surface area contributed by atoms with Crippen LogP contribution in [0, 0.1) is 0 Å². The predicted octanol–water partition coefficient (Wildman–Crippen LogP) is 2.90. The zero-order valence-corrected chi connectivity index (χ0v) is 16.7. The zero-order valence-electron chi connectivity index (χ0n) is 15.9. The lowest BCUT2D eigenvalue weighted by Gasteiger charge is -2.22. The molecule has 2 aromatic rings. The highest BCUT2D eigenvalue weighted by Gasteiger charge is 2.18. The van der Waals surface area contributed by atoms with Crippen LogP contribution < -0.4 is 10.6 Å². The fourth-order valence-corrected chi connectivity index (χ4v) is 3.40. The quantitative estimate of drug-likeness (QED) is 0.702. The number of amides is 3. The van der Waals surface area contributed by atoms with Crippen molar-refractivity contribution >= 4 is 29.5 Å². The van der Waals surface area contributed by atoms with Crippen molar-refractivity contribution in [2.45, 2.75) is 44.7 Å². The van der Waals surface area contributed by atoms with Crippen LogP contribution in [0.3, 0.4) is 0 Å². The molecule has 0 radical (unpaired) electrons. The first-order valence-electron chi connectivity index (χ1n) is 9.54. The molecule has 29 heavy (non-hydrogen) atoms. The summed E-state index contributed by atoms with van der Waals surface area (Å²) in [6.07, 6.45) is 8.00. The van der Waals surface area contributed by atoms with Gasteiger partial charge in [0.1, 0.15) is 0 Å². The van der Waals surface area contributed by atoms with Crippen molar-refractivity contribution in [1.82, 2.24) is 20.4 Å². The van der Waals surface area contributed by atoms with E-state index >= 15 is 0 Å². The molecule has 3 rings (SSSR count). The number of nitrogens with zero attached hydrogens (tertiary/aromatic N) is 2. The number of aromatic nitrogens is 2. The molecule has 3 amide bonds. The molecule has 0 saturated heterocycles. The molecule has 0 bridgehead atoms. The molecule has 8 nitrogen and oxygen atoms in total. The van der Waals surface area contributed by atoms with Crippen molar-refractivity contribution in [2.75, 3.05) is 6.61 Å². The number of esters is 1. The number of hydrogen-bond acceptors (Lipinski definition) is 5. The van der Waals surface area contributed by atoms with Crippen LogP contribution >= 0.6 is 11.6 Å². The molecule has 0 aliphatic heterocycles. The summed E-state index contributed by atoms with van der Waals surface area (Å²) in [5, 5.41) is 9.65. The number of halogens is 1. The third kappa shape index (κ3) is 6.32. The minimum atomic E-state index is -0.696. The second kappa shape index (κ2) is 10.1. The van der Waals surface area contributed by atoms with Gasteiger partial charge in [0, 0.05) is 17.3 Å². The minimum absolute atomic E-state index is 0.0862. The standard InChI is InChI=1S/C20H23ClN4O4/c21-17-9-5-4-6-14(17)11-25-12-15(10-22-25)19(27)29-13-18(26)24-20(28)23-16-7-2-1-3-8-16/h4-6,9-10,12,16H,1-3,7-8,11,13H2,(H2,23,24,26,28). The average molecular weight is 419 g/mol. The Hall–Kier alpha value is -2.87. The summed E-state index contributed by atoms with van der Waals surface area (Å²) in [5.74, 6) is -1.38. The topological polar surface area (TPSA) is 102 Å². The molecule has 0 unspecified atom stereocenters. The van der Waals surface area contributed by atoms with Gasteiger partial charge in [0.25, 0.3) is 5.91 Å². The van der Waals surface area contributed by atoms with Crippen molar-refractivity contribution in [3.63, 3.8) is 0 Å². The van der Waals surface area contributed by atoms with Crippen LogP contribution in [0.1, 0.15) is 48.0 Å². The predicted molar refractivity (Wildman–Crippen MR) is 107 cm³/mol. The van der Waals surface area contributed by atoms with Gasteiger partial charge in [-0.15, -0.1) is 0 Å². The largest absolute Gasteiger partial charge is 0.452 e. The number of nitrogens with one attached hydrogen (secondary N) is 2. The van der Waals surface area contributed by atoms with E-state index in [9.17, 15) is 14.4 Å². The number of carbonyl (C=O) groups excluding carboxylic acids is 3. The van der Waals surface area contributed by atoms with Gasteiger partial charge in [-0.05, 0) is 24.5 Å². The molecule has 2 N–H and O–H groups in total. The molecular weight excluding hydrogens is 396 g/mol. The third-order valence-corrected chi connectivity index (χ3v) is 5.06. The van der Waals surface area contributed by atoms with Crippen LogP contribution in [-0.2, 0) is 16.1 Å². The van der Waals surface area contributed by atoms with E-state index in [4.69, 9.17) is 16.3 Å². The van der Waals surface area contributed by atoms with E-state index in [0.29, 0.717) is 11.6 Å². The lowest BCUT2D eigenvalue weighted by Crippen LogP contribution is -2.46. The molecule has 9 heteroatoms. The van der Waals surface area contributed by atoms with E-state index < -0.39 is 24.5 Å². The minimum Gasteiger partial charge on any atom is -0.452 e. The number of imide groups is 1. The molecule has 1 aromatic carbocycles. The van der Waals surface area contributed by atoms with Gasteiger partial charge in [-0.1, -0.05) is 49.1 Å². The lowest BCUT2D eigenvalue weighted by atomic mass is 9.96. The van der Waals surface area contributed by atoms with Crippen molar-refractivity contribution in [2.24, 2.45) is 0 Å². The summed E-state index contributed by atoms with van der Waals surface area (Å²) in [5.41, 5.74) is 1.07. The first-order chi connectivity index (χ1) is 14.0. The molecule has 0 atom stereocenters. The van der Waals surface area contributed by atoms with Gasteiger partial charge in [0.05, 0.1) is 18.3 Å². The smallest absolute Gasteiger partial charge is 0.341 e. The monoisotopic (exact) mass is 418 g/mol. The summed E-state index contributed by atoms with van der Waals surface area (Å²) in [4.78, 5) is 35.8. The first-order valence-corrected chi connectivity index (χ1v) is 9.92. The number of ether oxygens (including phenoxy) is 1. The molecular formula is C20H23ClN4O4. The summed E-state index contributed by atoms with van der Waals surface area (Å²) in [6.45, 7) is -0.151. The fourth-order valence-electron chi connectivity index (χ4n) is 3.20.